The fourth-order valence-corrected chi connectivity index (χ4v) is 2.88. The van der Waals surface area contributed by atoms with Gasteiger partial charge in [-0.15, -0.1) is 21.5 Å². The molecule has 8 heteroatoms. The molecule has 0 atom stereocenters. The van der Waals surface area contributed by atoms with Crippen LogP contribution in [-0.4, -0.2) is 22.3 Å². The van der Waals surface area contributed by atoms with Crippen LogP contribution in [0.2, 0.25) is 5.02 Å². The first kappa shape index (κ1) is 15.5. The highest BCUT2D eigenvalue weighted by molar-refractivity contribution is 7.13. The number of hydrogen-bond donors (Lipinski definition) is 2. The van der Waals surface area contributed by atoms with E-state index in [2.05, 4.69) is 20.5 Å². The summed E-state index contributed by atoms with van der Waals surface area (Å²) < 4.78 is 5.28. The van der Waals surface area contributed by atoms with Gasteiger partial charge in [-0.05, 0) is 30.0 Å². The van der Waals surface area contributed by atoms with Crippen LogP contribution in [0.1, 0.15) is 5.56 Å². The zero-order valence-electron chi connectivity index (χ0n) is 12.4. The molecule has 1 aromatic carbocycles. The van der Waals surface area contributed by atoms with Crippen LogP contribution in [-0.2, 0) is 0 Å². The third-order valence-corrected chi connectivity index (χ3v) is 4.47. The number of benzene rings is 1. The van der Waals surface area contributed by atoms with Crippen LogP contribution in [0.15, 0.2) is 34.4 Å². The normalized spacial score (nSPS) is 10.6. The van der Waals surface area contributed by atoms with Crippen molar-refractivity contribution >= 4 is 34.6 Å². The van der Waals surface area contributed by atoms with Crippen LogP contribution in [0.25, 0.3) is 10.6 Å². The van der Waals surface area contributed by atoms with E-state index in [1.165, 1.54) is 11.3 Å². The van der Waals surface area contributed by atoms with E-state index in [1.807, 2.05) is 30.5 Å². The van der Waals surface area contributed by atoms with Crippen LogP contribution in [0.3, 0.4) is 0 Å². The van der Waals surface area contributed by atoms with Gasteiger partial charge in [-0.25, -0.2) is 0 Å². The summed E-state index contributed by atoms with van der Waals surface area (Å²) in [6.07, 6.45) is 0. The van der Waals surface area contributed by atoms with E-state index < -0.39 is 0 Å². The third-order valence-electron chi connectivity index (χ3n) is 3.19. The van der Waals surface area contributed by atoms with E-state index in [4.69, 9.17) is 16.3 Å². The van der Waals surface area contributed by atoms with Crippen LogP contribution in [0, 0.1) is 6.92 Å². The molecule has 0 aliphatic heterocycles. The Hall–Kier alpha value is -2.38. The fraction of sp³-hybridized carbons (Fsp3) is 0.133. The summed E-state index contributed by atoms with van der Waals surface area (Å²) in [5, 5.41) is 13.5. The van der Waals surface area contributed by atoms with E-state index >= 15 is 0 Å². The highest BCUT2D eigenvalue weighted by atomic mass is 35.5. The highest BCUT2D eigenvalue weighted by Gasteiger charge is 2.11. The lowest BCUT2D eigenvalue weighted by Crippen LogP contribution is -2.15. The Morgan fingerprint density at radius 2 is 2.17 bits per heavy atom. The standard InChI is InChI=1S/C15H13ClN4O2S/c1-8-6-10(11(22-2)7-9(8)16)17-15-18-14(21)13(19-20-15)12-4-3-5-23-12/h3-7H,1-2H3,(H2,17,18,20,21). The topological polar surface area (TPSA) is 79.9 Å². The molecule has 6 nitrogen and oxygen atoms in total. The summed E-state index contributed by atoms with van der Waals surface area (Å²) in [6.45, 7) is 1.88. The van der Waals surface area contributed by atoms with Gasteiger partial charge in [0.05, 0.1) is 17.7 Å². The first-order chi connectivity index (χ1) is 11.1. The minimum absolute atomic E-state index is 0.232. The lowest BCUT2D eigenvalue weighted by Gasteiger charge is -2.12. The van der Waals surface area contributed by atoms with Crippen molar-refractivity contribution in [3.05, 3.63) is 50.6 Å². The number of aromatic nitrogens is 3. The number of halogens is 1. The maximum absolute atomic E-state index is 12.2. The molecular weight excluding hydrogens is 336 g/mol. The lowest BCUT2D eigenvalue weighted by atomic mass is 10.2. The van der Waals surface area contributed by atoms with Crippen LogP contribution in [0.5, 0.6) is 5.75 Å². The SMILES string of the molecule is COc1cc(Cl)c(C)cc1Nc1nnc(-c2cccs2)c(=O)[nH]1. The van der Waals surface area contributed by atoms with Crippen molar-refractivity contribution in [2.45, 2.75) is 6.92 Å². The Balaban J connectivity index is 1.94. The second-order valence-corrected chi connectivity index (χ2v) is 6.11. The summed E-state index contributed by atoms with van der Waals surface area (Å²) in [5.74, 6) is 0.779. The molecule has 0 spiro atoms. The first-order valence-electron chi connectivity index (χ1n) is 6.70. The van der Waals surface area contributed by atoms with Gasteiger partial charge < -0.3 is 10.1 Å². The molecule has 0 aliphatic carbocycles. The fourth-order valence-electron chi connectivity index (χ4n) is 2.03. The third kappa shape index (κ3) is 3.20. The van der Waals surface area contributed by atoms with Gasteiger partial charge in [0.15, 0.2) is 5.69 Å². The number of nitrogens with one attached hydrogen (secondary N) is 2. The van der Waals surface area contributed by atoms with Crippen LogP contribution < -0.4 is 15.6 Å². The highest BCUT2D eigenvalue weighted by Crippen LogP contribution is 2.32. The van der Waals surface area contributed by atoms with Gasteiger partial charge in [-0.1, -0.05) is 17.7 Å². The van der Waals surface area contributed by atoms with Gasteiger partial charge in [0.25, 0.3) is 5.56 Å². The van der Waals surface area contributed by atoms with E-state index in [0.29, 0.717) is 22.2 Å². The second-order valence-electron chi connectivity index (χ2n) is 4.76. The average Bonchev–Trinajstić information content (AvgIpc) is 3.05. The number of nitrogens with zero attached hydrogens (tertiary/aromatic N) is 2. The van der Waals surface area contributed by atoms with Gasteiger partial charge in [0, 0.05) is 11.1 Å². The molecule has 118 valence electrons. The number of H-pyrrole nitrogens is 1. The van der Waals surface area contributed by atoms with Crippen LogP contribution in [0.4, 0.5) is 11.6 Å². The monoisotopic (exact) mass is 348 g/mol. The van der Waals surface area contributed by atoms with Gasteiger partial charge in [0.1, 0.15) is 5.75 Å². The van der Waals surface area contributed by atoms with Crippen molar-refractivity contribution in [1.82, 2.24) is 15.2 Å². The van der Waals surface area contributed by atoms with Crippen molar-refractivity contribution in [1.29, 1.82) is 0 Å². The van der Waals surface area contributed by atoms with Gasteiger partial charge in [0.2, 0.25) is 5.95 Å². The first-order valence-corrected chi connectivity index (χ1v) is 7.96. The molecule has 0 aliphatic rings. The van der Waals surface area contributed by atoms with Crippen molar-refractivity contribution in [2.75, 3.05) is 12.4 Å². The van der Waals surface area contributed by atoms with Gasteiger partial charge in [-0.3, -0.25) is 9.78 Å². The summed E-state index contributed by atoms with van der Waals surface area (Å²) in [4.78, 5) is 15.6. The molecule has 0 fully saturated rings. The Morgan fingerprint density at radius 1 is 1.35 bits per heavy atom. The number of methoxy groups -OCH3 is 1. The van der Waals surface area contributed by atoms with E-state index in [1.54, 1.807) is 13.2 Å². The van der Waals surface area contributed by atoms with Gasteiger partial charge >= 0.3 is 0 Å². The summed E-state index contributed by atoms with van der Waals surface area (Å²) in [5.41, 5.74) is 1.50. The molecular formula is C15H13ClN4O2S. The van der Waals surface area contributed by atoms with Crippen molar-refractivity contribution in [2.24, 2.45) is 0 Å². The lowest BCUT2D eigenvalue weighted by molar-refractivity contribution is 0.416. The molecule has 2 N–H and O–H groups in total. The summed E-state index contributed by atoms with van der Waals surface area (Å²) >= 11 is 7.51. The quantitative estimate of drug-likeness (QED) is 0.753. The second kappa shape index (κ2) is 6.39. The largest absolute Gasteiger partial charge is 0.495 e. The summed E-state index contributed by atoms with van der Waals surface area (Å²) in [7, 11) is 1.54. The number of aromatic amines is 1. The number of ether oxygens (including phenoxy) is 1. The van der Waals surface area contributed by atoms with Crippen molar-refractivity contribution in [3.63, 3.8) is 0 Å². The number of aryl methyl sites for hydroxylation is 1. The summed E-state index contributed by atoms with van der Waals surface area (Å²) in [6, 6.07) is 7.19. The molecule has 2 aromatic heterocycles. The molecule has 0 radical (unpaired) electrons. The van der Waals surface area contributed by atoms with Crippen LogP contribution >= 0.6 is 22.9 Å². The Bertz CT molecular complexity index is 893. The van der Waals surface area contributed by atoms with E-state index in [9.17, 15) is 4.79 Å². The Morgan fingerprint density at radius 3 is 2.83 bits per heavy atom. The molecule has 0 saturated carbocycles. The van der Waals surface area contributed by atoms with E-state index in [0.717, 1.165) is 10.4 Å². The Kier molecular flexibility index (Phi) is 4.31. The minimum atomic E-state index is -0.311. The molecule has 0 bridgehead atoms. The molecule has 3 rings (SSSR count). The average molecular weight is 349 g/mol. The number of anilines is 2. The predicted molar refractivity (Wildman–Crippen MR) is 92.0 cm³/mol. The molecule has 23 heavy (non-hydrogen) atoms. The molecule has 0 unspecified atom stereocenters. The zero-order chi connectivity index (χ0) is 16.4. The number of hydrogen-bond acceptors (Lipinski definition) is 6. The molecule has 0 amide bonds. The van der Waals surface area contributed by atoms with Gasteiger partial charge in [-0.2, -0.15) is 0 Å². The Labute approximate surface area is 141 Å². The number of thiophene rings is 1. The van der Waals surface area contributed by atoms with E-state index in [-0.39, 0.29) is 11.5 Å². The van der Waals surface area contributed by atoms with Crippen molar-refractivity contribution in [3.8, 4) is 16.3 Å². The number of rotatable bonds is 4. The maximum Gasteiger partial charge on any atom is 0.280 e. The van der Waals surface area contributed by atoms with Crippen molar-refractivity contribution < 1.29 is 4.74 Å². The minimum Gasteiger partial charge on any atom is -0.495 e. The smallest absolute Gasteiger partial charge is 0.280 e. The predicted octanol–water partition coefficient (Wildman–Crippen LogP) is 3.61. The molecule has 2 heterocycles. The molecule has 0 saturated heterocycles. The molecule has 3 aromatic rings. The zero-order valence-corrected chi connectivity index (χ0v) is 14.0. The maximum atomic E-state index is 12.2.